The number of halogens is 3. The molecule has 0 aliphatic carbocycles. The molecule has 3 N–H and O–H groups in total. The van der Waals surface area contributed by atoms with Crippen molar-refractivity contribution in [2.75, 3.05) is 24.7 Å². The fourth-order valence-corrected chi connectivity index (χ4v) is 5.20. The lowest BCUT2D eigenvalue weighted by Crippen LogP contribution is -2.17. The SMILES string of the molecule is C#CCn1cc(-c2cnc(C(=O)Nc3ccc(S(C)(=O)=NCCCN)c(C)c3)n2C)c(C(F)(F)F)n1.C=O. The maximum atomic E-state index is 13.5. The maximum Gasteiger partial charge on any atom is 0.435 e. The predicted molar refractivity (Wildman–Crippen MR) is 138 cm³/mol. The lowest BCUT2D eigenvalue weighted by molar-refractivity contribution is -0.141. The van der Waals surface area contributed by atoms with E-state index in [1.165, 1.54) is 24.0 Å². The Bertz CT molecular complexity index is 1460. The largest absolute Gasteiger partial charge is 0.435 e. The summed E-state index contributed by atoms with van der Waals surface area (Å²) in [6.07, 6.45) is 4.98. The summed E-state index contributed by atoms with van der Waals surface area (Å²) in [7, 11) is -1.20. The van der Waals surface area contributed by atoms with E-state index < -0.39 is 27.5 Å². The molecule has 0 saturated carbocycles. The number of nitrogens with one attached hydrogen (secondary N) is 1. The smallest absolute Gasteiger partial charge is 0.330 e. The minimum atomic E-state index is -4.73. The van der Waals surface area contributed by atoms with Crippen LogP contribution in [-0.4, -0.2) is 55.6 Å². The van der Waals surface area contributed by atoms with Crippen LogP contribution >= 0.6 is 0 Å². The van der Waals surface area contributed by atoms with E-state index in [9.17, 15) is 22.2 Å². The van der Waals surface area contributed by atoms with Crippen molar-refractivity contribution in [3.05, 3.63) is 47.7 Å². The summed E-state index contributed by atoms with van der Waals surface area (Å²) in [5.41, 5.74) is 5.20. The average Bonchev–Trinajstić information content (AvgIpc) is 3.44. The van der Waals surface area contributed by atoms with Gasteiger partial charge in [-0.3, -0.25) is 9.48 Å². The number of nitrogens with two attached hydrogens (primary N) is 1. The molecule has 10 nitrogen and oxygen atoms in total. The van der Waals surface area contributed by atoms with Gasteiger partial charge < -0.3 is 20.4 Å². The first-order valence-electron chi connectivity index (χ1n) is 11.1. The highest BCUT2D eigenvalue weighted by Crippen LogP contribution is 2.36. The molecule has 1 unspecified atom stereocenters. The second kappa shape index (κ2) is 12.5. The van der Waals surface area contributed by atoms with Gasteiger partial charge in [0.15, 0.2) is 11.5 Å². The van der Waals surface area contributed by atoms with Gasteiger partial charge >= 0.3 is 6.18 Å². The summed E-state index contributed by atoms with van der Waals surface area (Å²) < 4.78 is 60.1. The van der Waals surface area contributed by atoms with E-state index in [0.717, 1.165) is 4.68 Å². The Morgan fingerprint density at radius 2 is 2.03 bits per heavy atom. The van der Waals surface area contributed by atoms with Gasteiger partial charge in [0.1, 0.15) is 13.3 Å². The highest BCUT2D eigenvalue weighted by atomic mass is 32.2. The van der Waals surface area contributed by atoms with Crippen molar-refractivity contribution in [3.8, 4) is 23.6 Å². The van der Waals surface area contributed by atoms with Crippen molar-refractivity contribution in [2.45, 2.75) is 31.0 Å². The highest BCUT2D eigenvalue weighted by Gasteiger charge is 2.38. The van der Waals surface area contributed by atoms with Crippen LogP contribution in [-0.2, 0) is 34.3 Å². The fourth-order valence-electron chi connectivity index (χ4n) is 3.60. The van der Waals surface area contributed by atoms with Crippen LogP contribution in [0.15, 0.2) is 39.9 Å². The van der Waals surface area contributed by atoms with Gasteiger partial charge in [-0.15, -0.1) is 6.42 Å². The zero-order valence-corrected chi connectivity index (χ0v) is 21.9. The number of amides is 1. The standard InChI is InChI=1S/C23H26F3N7O2S.CH2O/c1-5-11-33-14-17(20(31-33)23(24,25)26)18-13-28-21(32(18)3)22(34)30-16-7-8-19(15(2)12-16)36(4,35)29-10-6-9-27;1-2/h1,7-8,12-14H,6,9-11,27H2,2-4H3,(H,30,34);1H2. The predicted octanol–water partition coefficient (Wildman–Crippen LogP) is 3.12. The number of terminal acetylenes is 1. The van der Waals surface area contributed by atoms with Crippen LogP contribution in [0.5, 0.6) is 0 Å². The van der Waals surface area contributed by atoms with Crippen LogP contribution < -0.4 is 11.1 Å². The third kappa shape index (κ3) is 6.87. The number of carbonyl (C=O) groups is 2. The molecule has 1 aromatic carbocycles. The van der Waals surface area contributed by atoms with Crippen LogP contribution in [0.3, 0.4) is 0 Å². The second-order valence-corrected chi connectivity index (χ2v) is 10.4. The summed E-state index contributed by atoms with van der Waals surface area (Å²) in [6.45, 7) is 4.43. The Labute approximate surface area is 218 Å². The molecule has 2 aromatic heterocycles. The molecule has 3 rings (SSSR count). The molecule has 0 bridgehead atoms. The van der Waals surface area contributed by atoms with E-state index in [1.54, 1.807) is 31.4 Å². The molecule has 0 radical (unpaired) electrons. The second-order valence-electron chi connectivity index (χ2n) is 8.05. The first-order valence-corrected chi connectivity index (χ1v) is 13.0. The summed E-state index contributed by atoms with van der Waals surface area (Å²) >= 11 is 0. The first kappa shape index (κ1) is 30.3. The highest BCUT2D eigenvalue weighted by molar-refractivity contribution is 7.93. The number of benzene rings is 1. The fraction of sp³-hybridized carbons (Fsp3) is 0.333. The number of hydrogen-bond acceptors (Lipinski definition) is 7. The Balaban J connectivity index is 0.00000247. The Morgan fingerprint density at radius 3 is 2.61 bits per heavy atom. The zero-order valence-electron chi connectivity index (χ0n) is 21.1. The molecule has 2 heterocycles. The maximum absolute atomic E-state index is 13.5. The number of nitrogens with zero attached hydrogens (tertiary/aromatic N) is 5. The quantitative estimate of drug-likeness (QED) is 0.326. The number of rotatable bonds is 8. The average molecular weight is 552 g/mol. The van der Waals surface area contributed by atoms with Gasteiger partial charge in [-0.2, -0.15) is 18.3 Å². The van der Waals surface area contributed by atoms with Crippen LogP contribution in [0.2, 0.25) is 0 Å². The molecule has 0 aliphatic heterocycles. The first-order chi connectivity index (χ1) is 17.9. The molecule has 204 valence electrons. The molecule has 0 saturated heterocycles. The van der Waals surface area contributed by atoms with Crippen molar-refractivity contribution in [1.29, 1.82) is 0 Å². The van der Waals surface area contributed by atoms with Crippen molar-refractivity contribution in [1.82, 2.24) is 19.3 Å². The zero-order chi connectivity index (χ0) is 28.7. The number of hydrogen-bond donors (Lipinski definition) is 2. The summed E-state index contributed by atoms with van der Waals surface area (Å²) in [5, 5.41) is 6.22. The van der Waals surface area contributed by atoms with Crippen LogP contribution in [0.25, 0.3) is 11.3 Å². The molecular formula is C24H28F3N7O3S. The van der Waals surface area contributed by atoms with Gasteiger partial charge in [0, 0.05) is 31.7 Å². The van der Waals surface area contributed by atoms with E-state index in [4.69, 9.17) is 17.0 Å². The molecule has 0 fully saturated rings. The number of anilines is 1. The topological polar surface area (TPSA) is 137 Å². The third-order valence-corrected chi connectivity index (χ3v) is 7.24. The molecule has 0 spiro atoms. The van der Waals surface area contributed by atoms with Crippen molar-refractivity contribution in [2.24, 2.45) is 17.1 Å². The van der Waals surface area contributed by atoms with E-state index in [-0.39, 0.29) is 23.6 Å². The van der Waals surface area contributed by atoms with E-state index in [0.29, 0.717) is 35.7 Å². The summed E-state index contributed by atoms with van der Waals surface area (Å²) in [6, 6.07) is 4.85. The summed E-state index contributed by atoms with van der Waals surface area (Å²) in [4.78, 5) is 25.5. The number of aromatic nitrogens is 4. The molecule has 0 aliphatic rings. The van der Waals surface area contributed by atoms with Gasteiger partial charge in [-0.05, 0) is 43.7 Å². The van der Waals surface area contributed by atoms with E-state index >= 15 is 0 Å². The Kier molecular flexibility index (Phi) is 9.97. The minimum Gasteiger partial charge on any atom is -0.330 e. The Hall–Kier alpha value is -3.96. The number of imidazole rings is 1. The van der Waals surface area contributed by atoms with Crippen LogP contribution in [0, 0.1) is 19.3 Å². The molecule has 3 aromatic rings. The van der Waals surface area contributed by atoms with E-state index in [1.807, 2.05) is 6.79 Å². The van der Waals surface area contributed by atoms with Crippen molar-refractivity contribution < 1.29 is 27.0 Å². The monoisotopic (exact) mass is 551 g/mol. The normalized spacial score (nSPS) is 12.6. The van der Waals surface area contributed by atoms with Gasteiger partial charge in [0.05, 0.1) is 32.1 Å². The lowest BCUT2D eigenvalue weighted by Gasteiger charge is -2.12. The van der Waals surface area contributed by atoms with Crippen LogP contribution in [0.1, 0.15) is 28.3 Å². The molecule has 14 heteroatoms. The minimum absolute atomic E-state index is 0.0482. The van der Waals surface area contributed by atoms with Gasteiger partial charge in [-0.1, -0.05) is 5.92 Å². The van der Waals surface area contributed by atoms with Crippen molar-refractivity contribution in [3.63, 3.8) is 0 Å². The van der Waals surface area contributed by atoms with Gasteiger partial charge in [-0.25, -0.2) is 13.6 Å². The number of alkyl halides is 3. The molecule has 1 amide bonds. The Morgan fingerprint density at radius 1 is 1.34 bits per heavy atom. The molecular weight excluding hydrogens is 523 g/mol. The molecule has 1 atom stereocenters. The molecule has 38 heavy (non-hydrogen) atoms. The van der Waals surface area contributed by atoms with E-state index in [2.05, 4.69) is 25.7 Å². The third-order valence-electron chi connectivity index (χ3n) is 5.29. The van der Waals surface area contributed by atoms with Gasteiger partial charge in [0.2, 0.25) is 0 Å². The summed E-state index contributed by atoms with van der Waals surface area (Å²) in [5.74, 6) is 1.50. The van der Waals surface area contributed by atoms with Gasteiger partial charge in [0.25, 0.3) is 5.91 Å². The van der Waals surface area contributed by atoms with Crippen LogP contribution in [0.4, 0.5) is 18.9 Å². The number of aryl methyl sites for hydroxylation is 1. The lowest BCUT2D eigenvalue weighted by atomic mass is 10.2. The number of carbonyl (C=O) groups excluding carboxylic acids is 2. The van der Waals surface area contributed by atoms with Crippen molar-refractivity contribution >= 4 is 28.1 Å².